The number of halogens is 1. The Bertz CT molecular complexity index is 794. The van der Waals surface area contributed by atoms with Crippen molar-refractivity contribution >= 4 is 40.2 Å². The Balaban J connectivity index is 1.98. The first-order valence-electron chi connectivity index (χ1n) is 8.76. The van der Waals surface area contributed by atoms with Crippen molar-refractivity contribution in [3.63, 3.8) is 0 Å². The first-order valence-corrected chi connectivity index (χ1v) is 9.14. The molecule has 24 heavy (non-hydrogen) atoms. The van der Waals surface area contributed by atoms with E-state index in [1.807, 2.05) is 12.1 Å². The van der Waals surface area contributed by atoms with Crippen molar-refractivity contribution in [2.45, 2.75) is 26.2 Å². The van der Waals surface area contributed by atoms with E-state index in [-0.39, 0.29) is 0 Å². The van der Waals surface area contributed by atoms with E-state index in [0.29, 0.717) is 11.8 Å². The molecule has 3 heterocycles. The Morgan fingerprint density at radius 1 is 1.25 bits per heavy atom. The molecule has 1 aromatic heterocycles. The number of rotatable bonds is 2. The number of nitrogens with one attached hydrogen (secondary N) is 1. The Morgan fingerprint density at radius 2 is 2.04 bits per heavy atom. The summed E-state index contributed by atoms with van der Waals surface area (Å²) in [5, 5.41) is 5.33. The van der Waals surface area contributed by atoms with Gasteiger partial charge in [-0.3, -0.25) is 4.99 Å². The van der Waals surface area contributed by atoms with E-state index in [1.54, 1.807) is 0 Å². The maximum Gasteiger partial charge on any atom is 0.155 e. The summed E-state index contributed by atoms with van der Waals surface area (Å²) in [7, 11) is 0. The Hall–Kier alpha value is -1.65. The quantitative estimate of drug-likeness (QED) is 0.891. The molecular formula is C19H23ClN4. The normalized spacial score (nSPS) is 20.7. The molecule has 2 aliphatic rings. The van der Waals surface area contributed by atoms with Crippen LogP contribution in [-0.2, 0) is 0 Å². The average molecular weight is 343 g/mol. The first-order chi connectivity index (χ1) is 11.6. The average Bonchev–Trinajstić information content (AvgIpc) is 2.61. The zero-order valence-corrected chi connectivity index (χ0v) is 15.0. The fourth-order valence-corrected chi connectivity index (χ4v) is 3.99. The maximum atomic E-state index is 6.29. The minimum atomic E-state index is 0.461. The van der Waals surface area contributed by atoms with Crippen LogP contribution in [0.1, 0.15) is 31.7 Å². The van der Waals surface area contributed by atoms with Crippen LogP contribution in [-0.4, -0.2) is 37.4 Å². The minimum Gasteiger partial charge on any atom is -0.352 e. The summed E-state index contributed by atoms with van der Waals surface area (Å²) >= 11 is 6.29. The number of fused-ring (bicyclic) bond motifs is 3. The number of piperazine rings is 1. The molecule has 0 radical (unpaired) electrons. The van der Waals surface area contributed by atoms with Gasteiger partial charge in [0.2, 0.25) is 0 Å². The van der Waals surface area contributed by atoms with Gasteiger partial charge in [-0.15, -0.1) is 0 Å². The third kappa shape index (κ3) is 2.68. The van der Waals surface area contributed by atoms with Crippen molar-refractivity contribution in [2.75, 3.05) is 31.1 Å². The van der Waals surface area contributed by atoms with Gasteiger partial charge < -0.3 is 10.2 Å². The highest BCUT2D eigenvalue weighted by atomic mass is 35.5. The standard InChI is InChI=1S/C19H23ClN4/c1-12(2)14-5-6-22-18-17(14)15-11-13(20)3-4-16(15)23-19(18)24-9-7-21-8-10-24/h3-4,6,11-12,14,21H,5,7-10H2,1-2H3. The molecule has 1 unspecified atom stereocenters. The lowest BCUT2D eigenvalue weighted by molar-refractivity contribution is 0.513. The number of aromatic nitrogens is 1. The fourth-order valence-electron chi connectivity index (χ4n) is 3.82. The molecule has 0 aliphatic carbocycles. The van der Waals surface area contributed by atoms with Crippen molar-refractivity contribution in [1.29, 1.82) is 0 Å². The van der Waals surface area contributed by atoms with Crippen LogP contribution in [0.2, 0.25) is 5.02 Å². The molecule has 1 saturated heterocycles. The van der Waals surface area contributed by atoms with E-state index in [0.717, 1.165) is 60.0 Å². The summed E-state index contributed by atoms with van der Waals surface area (Å²) in [4.78, 5) is 12.1. The van der Waals surface area contributed by atoms with Gasteiger partial charge in [0.05, 0.1) is 5.52 Å². The SMILES string of the molecule is CC(C)C1CC=Nc2c(N3CCNCC3)nc3ccc(Cl)cc3c21. The van der Waals surface area contributed by atoms with E-state index in [2.05, 4.69) is 36.3 Å². The molecule has 0 spiro atoms. The summed E-state index contributed by atoms with van der Waals surface area (Å²) in [5.74, 6) is 2.04. The number of benzene rings is 1. The highest BCUT2D eigenvalue weighted by Crippen LogP contribution is 2.46. The number of anilines is 1. The molecule has 0 saturated carbocycles. The molecule has 1 N–H and O–H groups in total. The van der Waals surface area contributed by atoms with Crippen molar-refractivity contribution in [3.8, 4) is 0 Å². The summed E-state index contributed by atoms with van der Waals surface area (Å²) in [6, 6.07) is 6.03. The largest absolute Gasteiger partial charge is 0.352 e. The second-order valence-electron chi connectivity index (χ2n) is 6.99. The van der Waals surface area contributed by atoms with Gasteiger partial charge in [0.1, 0.15) is 5.69 Å². The first kappa shape index (κ1) is 15.9. The summed E-state index contributed by atoms with van der Waals surface area (Å²) in [6.45, 7) is 8.50. The molecule has 2 aliphatic heterocycles. The van der Waals surface area contributed by atoms with Gasteiger partial charge in [-0.2, -0.15) is 0 Å². The molecular weight excluding hydrogens is 320 g/mol. The van der Waals surface area contributed by atoms with Crippen LogP contribution in [0, 0.1) is 5.92 Å². The monoisotopic (exact) mass is 342 g/mol. The lowest BCUT2D eigenvalue weighted by Crippen LogP contribution is -2.44. The van der Waals surface area contributed by atoms with E-state index in [1.165, 1.54) is 5.56 Å². The van der Waals surface area contributed by atoms with Gasteiger partial charge >= 0.3 is 0 Å². The molecule has 0 amide bonds. The fraction of sp³-hybridized carbons (Fsp3) is 0.474. The predicted molar refractivity (Wildman–Crippen MR) is 102 cm³/mol. The Kier molecular flexibility index (Phi) is 4.19. The van der Waals surface area contributed by atoms with Crippen LogP contribution >= 0.6 is 11.6 Å². The molecule has 0 bridgehead atoms. The molecule has 5 heteroatoms. The van der Waals surface area contributed by atoms with Gasteiger partial charge in [-0.1, -0.05) is 25.4 Å². The third-order valence-corrected chi connectivity index (χ3v) is 5.35. The van der Waals surface area contributed by atoms with Crippen molar-refractivity contribution in [3.05, 3.63) is 28.8 Å². The lowest BCUT2D eigenvalue weighted by atomic mass is 9.82. The smallest absolute Gasteiger partial charge is 0.155 e. The van der Waals surface area contributed by atoms with E-state index in [9.17, 15) is 0 Å². The Labute approximate surface area is 147 Å². The summed E-state index contributed by atoms with van der Waals surface area (Å²) in [5.41, 5.74) is 3.40. The molecule has 4 rings (SSSR count). The number of hydrogen-bond acceptors (Lipinski definition) is 4. The second-order valence-corrected chi connectivity index (χ2v) is 7.43. The molecule has 1 fully saturated rings. The number of nitrogens with zero attached hydrogens (tertiary/aromatic N) is 3. The van der Waals surface area contributed by atoms with Crippen molar-refractivity contribution in [1.82, 2.24) is 10.3 Å². The van der Waals surface area contributed by atoms with Crippen LogP contribution < -0.4 is 10.2 Å². The van der Waals surface area contributed by atoms with Crippen LogP contribution in [0.15, 0.2) is 23.2 Å². The number of pyridine rings is 1. The molecule has 4 nitrogen and oxygen atoms in total. The Morgan fingerprint density at radius 3 is 2.79 bits per heavy atom. The van der Waals surface area contributed by atoms with Crippen LogP contribution in [0.3, 0.4) is 0 Å². The number of hydrogen-bond donors (Lipinski definition) is 1. The molecule has 1 atom stereocenters. The number of aliphatic imine (C=N–C) groups is 1. The van der Waals surface area contributed by atoms with Crippen molar-refractivity contribution in [2.24, 2.45) is 10.9 Å². The van der Waals surface area contributed by atoms with Crippen LogP contribution in [0.4, 0.5) is 11.5 Å². The highest BCUT2D eigenvalue weighted by Gasteiger charge is 2.29. The van der Waals surface area contributed by atoms with Crippen molar-refractivity contribution < 1.29 is 0 Å². The maximum absolute atomic E-state index is 6.29. The van der Waals surface area contributed by atoms with Gasteiger partial charge in [0.25, 0.3) is 0 Å². The summed E-state index contributed by atoms with van der Waals surface area (Å²) < 4.78 is 0. The third-order valence-electron chi connectivity index (χ3n) is 5.11. The van der Waals surface area contributed by atoms with E-state index < -0.39 is 0 Å². The second kappa shape index (κ2) is 6.34. The minimum absolute atomic E-state index is 0.461. The van der Waals surface area contributed by atoms with E-state index >= 15 is 0 Å². The van der Waals surface area contributed by atoms with Crippen LogP contribution in [0.25, 0.3) is 10.9 Å². The van der Waals surface area contributed by atoms with Gasteiger partial charge in [-0.05, 0) is 42.0 Å². The van der Waals surface area contributed by atoms with Gasteiger partial charge in [0.15, 0.2) is 5.82 Å². The summed E-state index contributed by atoms with van der Waals surface area (Å²) in [6.07, 6.45) is 3.05. The predicted octanol–water partition coefficient (Wildman–Crippen LogP) is 4.14. The topological polar surface area (TPSA) is 40.5 Å². The highest BCUT2D eigenvalue weighted by molar-refractivity contribution is 6.31. The molecule has 2 aromatic rings. The van der Waals surface area contributed by atoms with E-state index in [4.69, 9.17) is 21.6 Å². The van der Waals surface area contributed by atoms with Crippen LogP contribution in [0.5, 0.6) is 0 Å². The van der Waals surface area contributed by atoms with Gasteiger partial charge in [-0.25, -0.2) is 4.98 Å². The zero-order valence-electron chi connectivity index (χ0n) is 14.2. The zero-order chi connectivity index (χ0) is 16.7. The molecule has 126 valence electrons. The molecule has 1 aromatic carbocycles. The van der Waals surface area contributed by atoms with Gasteiger partial charge in [0, 0.05) is 42.8 Å². The lowest BCUT2D eigenvalue weighted by Gasteiger charge is -2.33.